The Hall–Kier alpha value is -1.07. The molecule has 1 aromatic carbocycles. The maximum absolute atomic E-state index is 11.9. The number of hydrogen-bond donors (Lipinski definition) is 1. The number of fused-ring (bicyclic) bond motifs is 1. The molecule has 1 aliphatic heterocycles. The van der Waals surface area contributed by atoms with Crippen LogP contribution in [0, 0.1) is 0 Å². The number of sulfone groups is 1. The Morgan fingerprint density at radius 3 is 2.50 bits per heavy atom. The number of hydrogen-bond acceptors (Lipinski definition) is 4. The van der Waals surface area contributed by atoms with Gasteiger partial charge in [-0.1, -0.05) is 12.1 Å². The van der Waals surface area contributed by atoms with Crippen LogP contribution in [-0.4, -0.2) is 25.0 Å². The highest BCUT2D eigenvalue weighted by atomic mass is 32.2. The Morgan fingerprint density at radius 1 is 1.35 bits per heavy atom. The van der Waals surface area contributed by atoms with Gasteiger partial charge in [0, 0.05) is 18.7 Å². The minimum atomic E-state index is -3.24. The van der Waals surface area contributed by atoms with E-state index in [2.05, 4.69) is 0 Å². The van der Waals surface area contributed by atoms with Crippen molar-refractivity contribution < 1.29 is 13.2 Å². The van der Waals surface area contributed by atoms with E-state index >= 15 is 0 Å². The second-order valence-electron chi connectivity index (χ2n) is 6.76. The maximum atomic E-state index is 11.9. The zero-order chi connectivity index (χ0) is 15.3. The summed E-state index contributed by atoms with van der Waals surface area (Å²) >= 11 is 0. The second kappa shape index (κ2) is 4.46. The molecule has 5 heteroatoms. The molecule has 20 heavy (non-hydrogen) atoms. The smallest absolute Gasteiger partial charge is 0.154 e. The first-order valence-electron chi connectivity index (χ1n) is 6.71. The van der Waals surface area contributed by atoms with Crippen molar-refractivity contribution in [3.05, 3.63) is 29.3 Å². The highest BCUT2D eigenvalue weighted by molar-refractivity contribution is 7.92. The Morgan fingerprint density at radius 2 is 1.95 bits per heavy atom. The molecule has 0 bridgehead atoms. The quantitative estimate of drug-likeness (QED) is 0.929. The van der Waals surface area contributed by atoms with E-state index in [1.165, 1.54) is 6.26 Å². The van der Waals surface area contributed by atoms with Gasteiger partial charge in [0.1, 0.15) is 11.4 Å². The first-order chi connectivity index (χ1) is 8.94. The van der Waals surface area contributed by atoms with E-state index in [9.17, 15) is 8.42 Å². The Labute approximate surface area is 121 Å². The molecule has 2 rings (SSSR count). The van der Waals surface area contributed by atoms with Gasteiger partial charge in [0.15, 0.2) is 9.84 Å². The summed E-state index contributed by atoms with van der Waals surface area (Å²) in [5.41, 5.74) is 7.91. The van der Waals surface area contributed by atoms with Gasteiger partial charge in [0.05, 0.1) is 4.75 Å². The van der Waals surface area contributed by atoms with Gasteiger partial charge in [-0.2, -0.15) is 0 Å². The normalized spacial score (nSPS) is 19.3. The van der Waals surface area contributed by atoms with Gasteiger partial charge in [-0.15, -0.1) is 0 Å². The summed E-state index contributed by atoms with van der Waals surface area (Å²) in [7, 11) is -3.24. The Kier molecular flexibility index (Phi) is 3.42. The van der Waals surface area contributed by atoms with Crippen LogP contribution in [0.5, 0.6) is 5.75 Å². The molecule has 0 radical (unpaired) electrons. The van der Waals surface area contributed by atoms with Crippen LogP contribution >= 0.6 is 0 Å². The summed E-state index contributed by atoms with van der Waals surface area (Å²) in [5, 5.41) is 0. The molecule has 0 aromatic heterocycles. The van der Waals surface area contributed by atoms with Crippen molar-refractivity contribution in [2.45, 2.75) is 50.5 Å². The molecule has 1 unspecified atom stereocenters. The topological polar surface area (TPSA) is 69.4 Å². The zero-order valence-electron chi connectivity index (χ0n) is 12.7. The summed E-state index contributed by atoms with van der Waals surface area (Å²) in [6, 6.07) is 5.16. The van der Waals surface area contributed by atoms with Crippen LogP contribution in [0.1, 0.15) is 44.9 Å². The fraction of sp³-hybridized carbons (Fsp3) is 0.600. The summed E-state index contributed by atoms with van der Waals surface area (Å²) < 4.78 is 28.6. The van der Waals surface area contributed by atoms with Crippen molar-refractivity contribution in [1.29, 1.82) is 0 Å². The van der Waals surface area contributed by atoms with Gasteiger partial charge in [-0.3, -0.25) is 0 Å². The fourth-order valence-corrected chi connectivity index (χ4v) is 3.05. The summed E-state index contributed by atoms with van der Waals surface area (Å²) in [6.07, 6.45) is 2.04. The highest BCUT2D eigenvalue weighted by Gasteiger charge is 2.38. The molecule has 112 valence electrons. The second-order valence-corrected chi connectivity index (χ2v) is 9.36. The van der Waals surface area contributed by atoms with Gasteiger partial charge in [-0.05, 0) is 44.9 Å². The average Bonchev–Trinajstić information content (AvgIpc) is 2.58. The van der Waals surface area contributed by atoms with Crippen LogP contribution < -0.4 is 10.5 Å². The molecule has 0 aliphatic carbocycles. The average molecular weight is 297 g/mol. The maximum Gasteiger partial charge on any atom is 0.154 e. The van der Waals surface area contributed by atoms with Gasteiger partial charge in [0.2, 0.25) is 0 Å². The molecule has 0 saturated carbocycles. The van der Waals surface area contributed by atoms with Crippen molar-refractivity contribution in [2.75, 3.05) is 6.26 Å². The van der Waals surface area contributed by atoms with Crippen molar-refractivity contribution in [1.82, 2.24) is 0 Å². The van der Waals surface area contributed by atoms with Crippen molar-refractivity contribution in [2.24, 2.45) is 5.73 Å². The molecule has 0 fully saturated rings. The van der Waals surface area contributed by atoms with Crippen molar-refractivity contribution in [3.63, 3.8) is 0 Å². The third-order valence-electron chi connectivity index (χ3n) is 4.15. The molecule has 1 aliphatic rings. The first kappa shape index (κ1) is 15.3. The van der Waals surface area contributed by atoms with Crippen molar-refractivity contribution >= 4 is 9.84 Å². The number of rotatable bonds is 3. The van der Waals surface area contributed by atoms with E-state index in [1.54, 1.807) is 13.8 Å². The molecule has 1 atom stereocenters. The first-order valence-corrected chi connectivity index (χ1v) is 8.60. The van der Waals surface area contributed by atoms with Gasteiger partial charge < -0.3 is 10.5 Å². The third-order valence-corrected chi connectivity index (χ3v) is 6.32. The summed E-state index contributed by atoms with van der Waals surface area (Å²) in [5.74, 6) is 0.864. The van der Waals surface area contributed by atoms with Crippen LogP contribution in [0.4, 0.5) is 0 Å². The monoisotopic (exact) mass is 297 g/mol. The van der Waals surface area contributed by atoms with Gasteiger partial charge in [0.25, 0.3) is 0 Å². The number of ether oxygens (including phenoxy) is 1. The van der Waals surface area contributed by atoms with E-state index in [4.69, 9.17) is 10.5 Å². The molecule has 2 N–H and O–H groups in total. The lowest BCUT2D eigenvalue weighted by atomic mass is 9.93. The van der Waals surface area contributed by atoms with Gasteiger partial charge >= 0.3 is 0 Å². The Bertz CT molecular complexity index is 633. The van der Waals surface area contributed by atoms with E-state index in [0.717, 1.165) is 23.3 Å². The van der Waals surface area contributed by atoms with Crippen LogP contribution in [0.25, 0.3) is 0 Å². The zero-order valence-corrected chi connectivity index (χ0v) is 13.5. The van der Waals surface area contributed by atoms with E-state index in [-0.39, 0.29) is 5.60 Å². The fourth-order valence-electron chi connectivity index (χ4n) is 2.45. The van der Waals surface area contributed by atoms with E-state index in [1.807, 2.05) is 32.0 Å². The predicted octanol–water partition coefficient (Wildman–Crippen LogP) is 2.22. The van der Waals surface area contributed by atoms with Crippen LogP contribution in [0.2, 0.25) is 0 Å². The molecule has 0 spiro atoms. The minimum absolute atomic E-state index is 0.211. The molecular formula is C15H23NO3S. The molecule has 0 saturated heterocycles. The molecular weight excluding hydrogens is 274 g/mol. The molecule has 0 amide bonds. The van der Waals surface area contributed by atoms with Gasteiger partial charge in [-0.25, -0.2) is 8.42 Å². The highest BCUT2D eigenvalue weighted by Crippen LogP contribution is 2.38. The molecule has 4 nitrogen and oxygen atoms in total. The predicted molar refractivity (Wildman–Crippen MR) is 80.7 cm³/mol. The summed E-state index contributed by atoms with van der Waals surface area (Å²) in [4.78, 5) is 0. The third kappa shape index (κ3) is 2.56. The van der Waals surface area contributed by atoms with E-state index < -0.39 is 20.6 Å². The number of benzene rings is 1. The standard InChI is InChI=1S/C15H23NO3S/c1-14(2)9-11-8-10(6-7-12(11)19-14)13(16)15(3,4)20(5,17)18/h6-8,13H,9,16H2,1-5H3. The Balaban J connectivity index is 2.38. The number of nitrogens with two attached hydrogens (primary N) is 1. The molecule has 1 aromatic rings. The lowest BCUT2D eigenvalue weighted by Gasteiger charge is -2.30. The van der Waals surface area contributed by atoms with Crippen LogP contribution in [0.3, 0.4) is 0 Å². The lowest BCUT2D eigenvalue weighted by molar-refractivity contribution is 0.138. The van der Waals surface area contributed by atoms with Crippen molar-refractivity contribution in [3.8, 4) is 5.75 Å². The van der Waals surface area contributed by atoms with E-state index in [0.29, 0.717) is 0 Å². The molecule has 1 heterocycles. The van der Waals surface area contributed by atoms with Crippen LogP contribution in [-0.2, 0) is 16.3 Å². The summed E-state index contributed by atoms with van der Waals surface area (Å²) in [6.45, 7) is 7.40. The largest absolute Gasteiger partial charge is 0.487 e. The SMILES string of the molecule is CC1(C)Cc2cc(C(N)C(C)(C)S(C)(=O)=O)ccc2O1. The van der Waals surface area contributed by atoms with Crippen LogP contribution in [0.15, 0.2) is 18.2 Å². The lowest BCUT2D eigenvalue weighted by Crippen LogP contribution is -2.42. The minimum Gasteiger partial charge on any atom is -0.487 e.